The van der Waals surface area contributed by atoms with E-state index in [9.17, 15) is 0 Å². The molecule has 164 valence electrons. The predicted molar refractivity (Wildman–Crippen MR) is 133 cm³/mol. The molecule has 0 spiro atoms. The second-order valence-electron chi connectivity index (χ2n) is 9.46. The molecule has 1 aliphatic heterocycles. The highest BCUT2D eigenvalue weighted by atomic mass is 28.5. The maximum Gasteiger partial charge on any atom is 0.389 e. The molecule has 0 N–H and O–H groups in total. The van der Waals surface area contributed by atoms with Crippen molar-refractivity contribution in [2.45, 2.75) is 52.4 Å². The van der Waals surface area contributed by atoms with Gasteiger partial charge in [0.2, 0.25) is 0 Å². The van der Waals surface area contributed by atoms with Gasteiger partial charge in [0.05, 0.1) is 0 Å². The molecule has 0 radical (unpaired) electrons. The fraction of sp³-hybridized carbons (Fsp3) is 0.400. The Balaban J connectivity index is 2.25. The lowest BCUT2D eigenvalue weighted by Gasteiger charge is -2.48. The highest BCUT2D eigenvalue weighted by Gasteiger charge is 2.56. The van der Waals surface area contributed by atoms with Crippen molar-refractivity contribution in [3.63, 3.8) is 0 Å². The van der Waals surface area contributed by atoms with E-state index in [2.05, 4.69) is 76.6 Å². The zero-order valence-electron chi connectivity index (χ0n) is 19.3. The fourth-order valence-corrected chi connectivity index (χ4v) is 30.2. The summed E-state index contributed by atoms with van der Waals surface area (Å²) in [4.78, 5) is 0. The van der Waals surface area contributed by atoms with Crippen LogP contribution in [0.2, 0.25) is 52.4 Å². The zero-order chi connectivity index (χ0) is 22.3. The van der Waals surface area contributed by atoms with Crippen molar-refractivity contribution in [1.82, 2.24) is 0 Å². The van der Waals surface area contributed by atoms with E-state index < -0.39 is 42.8 Å². The van der Waals surface area contributed by atoms with Gasteiger partial charge in [-0.15, -0.1) is 0 Å². The molecule has 0 aliphatic carbocycles. The Kier molecular flexibility index (Phi) is 6.67. The van der Waals surface area contributed by atoms with E-state index in [4.69, 9.17) is 20.6 Å². The summed E-state index contributed by atoms with van der Waals surface area (Å²) < 4.78 is 34.0. The largest absolute Gasteiger partial charge is 0.416 e. The molecule has 10 heteroatoms. The molecule has 0 unspecified atom stereocenters. The van der Waals surface area contributed by atoms with Crippen LogP contribution in [0.25, 0.3) is 0 Å². The Morgan fingerprint density at radius 2 is 0.667 bits per heavy atom. The highest BCUT2D eigenvalue weighted by molar-refractivity contribution is 7.03. The number of hydrogen-bond donors (Lipinski definition) is 0. The summed E-state index contributed by atoms with van der Waals surface area (Å²) in [5.74, 6) is 0. The molecular formula is C20H34O5Si5. The Morgan fingerprint density at radius 1 is 0.400 bits per heavy atom. The van der Waals surface area contributed by atoms with Crippen LogP contribution in [0.3, 0.4) is 0 Å². The van der Waals surface area contributed by atoms with Crippen LogP contribution >= 0.6 is 0 Å². The third-order valence-corrected chi connectivity index (χ3v) is 24.8. The molecule has 5 nitrogen and oxygen atoms in total. The third kappa shape index (κ3) is 5.76. The molecule has 30 heavy (non-hydrogen) atoms. The summed E-state index contributed by atoms with van der Waals surface area (Å²) in [5, 5.41) is 2.15. The van der Waals surface area contributed by atoms with Gasteiger partial charge in [0, 0.05) is 0 Å². The van der Waals surface area contributed by atoms with Crippen molar-refractivity contribution in [2.24, 2.45) is 0 Å². The van der Waals surface area contributed by atoms with Gasteiger partial charge in [-0.25, -0.2) is 0 Å². The summed E-state index contributed by atoms with van der Waals surface area (Å²) in [6.45, 7) is 16.8. The van der Waals surface area contributed by atoms with Gasteiger partial charge in [-0.05, 0) is 62.7 Å². The molecule has 1 saturated heterocycles. The van der Waals surface area contributed by atoms with Gasteiger partial charge in [0.15, 0.2) is 0 Å². The maximum atomic E-state index is 7.07. The van der Waals surface area contributed by atoms with Crippen LogP contribution in [0.5, 0.6) is 0 Å². The highest BCUT2D eigenvalue weighted by Crippen LogP contribution is 2.31. The van der Waals surface area contributed by atoms with Gasteiger partial charge in [-0.2, -0.15) is 0 Å². The van der Waals surface area contributed by atoms with Gasteiger partial charge >= 0.3 is 42.8 Å². The molecular weight excluding hydrogens is 461 g/mol. The van der Waals surface area contributed by atoms with Crippen LogP contribution in [0.1, 0.15) is 0 Å². The lowest BCUT2D eigenvalue weighted by atomic mass is 10.4. The third-order valence-electron chi connectivity index (χ3n) is 4.56. The first-order chi connectivity index (χ1) is 13.7. The summed E-state index contributed by atoms with van der Waals surface area (Å²) in [7, 11) is -13.3. The maximum absolute atomic E-state index is 7.07. The van der Waals surface area contributed by atoms with E-state index in [0.29, 0.717) is 0 Å². The molecule has 1 fully saturated rings. The topological polar surface area (TPSA) is 46.2 Å². The average Bonchev–Trinajstić information content (AvgIpc) is 2.58. The van der Waals surface area contributed by atoms with Crippen molar-refractivity contribution in [3.8, 4) is 0 Å². The molecule has 3 rings (SSSR count). The number of rotatable bonds is 2. The van der Waals surface area contributed by atoms with Crippen LogP contribution in [-0.4, -0.2) is 42.8 Å². The van der Waals surface area contributed by atoms with E-state index in [0.717, 1.165) is 10.4 Å². The minimum Gasteiger partial charge on any atom is -0.416 e. The molecule has 2 aromatic rings. The number of benzene rings is 2. The van der Waals surface area contributed by atoms with Crippen LogP contribution in [0, 0.1) is 0 Å². The van der Waals surface area contributed by atoms with Crippen molar-refractivity contribution in [3.05, 3.63) is 60.7 Å². The first-order valence-electron chi connectivity index (χ1n) is 10.4. The Morgan fingerprint density at radius 3 is 0.967 bits per heavy atom. The van der Waals surface area contributed by atoms with Gasteiger partial charge in [0.1, 0.15) is 0 Å². The van der Waals surface area contributed by atoms with Gasteiger partial charge < -0.3 is 20.6 Å². The van der Waals surface area contributed by atoms with Crippen LogP contribution in [-0.2, 0) is 20.6 Å². The van der Waals surface area contributed by atoms with Crippen LogP contribution in [0.15, 0.2) is 60.7 Å². The second kappa shape index (κ2) is 8.35. The minimum absolute atomic E-state index is 1.07. The van der Waals surface area contributed by atoms with E-state index >= 15 is 0 Å². The molecule has 0 atom stereocenters. The zero-order valence-corrected chi connectivity index (χ0v) is 24.3. The summed E-state index contributed by atoms with van der Waals surface area (Å²) in [5.41, 5.74) is 0. The summed E-state index contributed by atoms with van der Waals surface area (Å²) in [6, 6.07) is 20.7. The molecule has 1 heterocycles. The van der Waals surface area contributed by atoms with Crippen molar-refractivity contribution >= 4 is 53.2 Å². The molecule has 0 saturated carbocycles. The minimum atomic E-state index is -3.11. The Bertz CT molecular complexity index is 787. The van der Waals surface area contributed by atoms with Gasteiger partial charge in [0.25, 0.3) is 0 Å². The second-order valence-corrected chi connectivity index (χ2v) is 27.1. The van der Waals surface area contributed by atoms with Crippen molar-refractivity contribution in [1.29, 1.82) is 0 Å². The normalized spacial score (nSPS) is 24.7. The molecule has 1 aliphatic rings. The van der Waals surface area contributed by atoms with E-state index in [-0.39, 0.29) is 0 Å². The quantitative estimate of drug-likeness (QED) is 0.587. The molecule has 0 aromatic heterocycles. The van der Waals surface area contributed by atoms with Crippen LogP contribution in [0.4, 0.5) is 0 Å². The summed E-state index contributed by atoms with van der Waals surface area (Å²) >= 11 is 0. The van der Waals surface area contributed by atoms with E-state index in [1.807, 2.05) is 36.4 Å². The van der Waals surface area contributed by atoms with Crippen molar-refractivity contribution < 1.29 is 20.6 Å². The van der Waals surface area contributed by atoms with Gasteiger partial charge in [-0.3, -0.25) is 0 Å². The standard InChI is InChI=1S/C20H34O5Si5/c1-26(2)21-27(3,4)23-29(7,8)25-30(24-28(5,6)22-26,19-15-11-9-12-16-19)20-17-13-10-14-18-20/h9-18H,1-8H3. The lowest BCUT2D eigenvalue weighted by molar-refractivity contribution is 0.244. The first kappa shape index (κ1) is 24.0. The fourth-order valence-electron chi connectivity index (χ4n) is 4.29. The average molecular weight is 495 g/mol. The molecule has 2 aromatic carbocycles. The SMILES string of the molecule is C[Si]1(C)O[Si](C)(C)O[Si](C)(C)O[Si](c2ccccc2)(c2ccccc2)O[Si](C)(C)O1. The Labute approximate surface area is 186 Å². The monoisotopic (exact) mass is 494 g/mol. The number of hydrogen-bond acceptors (Lipinski definition) is 5. The Hall–Kier alpha value is -0.676. The lowest BCUT2D eigenvalue weighted by Crippen LogP contribution is -2.73. The molecule has 0 bridgehead atoms. The summed E-state index contributed by atoms with van der Waals surface area (Å²) in [6.07, 6.45) is 0. The first-order valence-corrected chi connectivity index (χ1v) is 23.4. The van der Waals surface area contributed by atoms with Crippen LogP contribution < -0.4 is 10.4 Å². The smallest absolute Gasteiger partial charge is 0.389 e. The molecule has 0 amide bonds. The van der Waals surface area contributed by atoms with E-state index in [1.54, 1.807) is 0 Å². The van der Waals surface area contributed by atoms with E-state index in [1.165, 1.54) is 0 Å². The van der Waals surface area contributed by atoms with Gasteiger partial charge in [-0.1, -0.05) is 60.7 Å². The predicted octanol–water partition coefficient (Wildman–Crippen LogP) is 4.15. The van der Waals surface area contributed by atoms with Crippen molar-refractivity contribution in [2.75, 3.05) is 0 Å².